The van der Waals surface area contributed by atoms with Gasteiger partial charge in [-0.05, 0) is 59.3 Å². The molecule has 3 atom stereocenters. The highest BCUT2D eigenvalue weighted by atomic mass is 35.5. The number of cyclic esters (lactones) is 4. The number of aliphatic carboxylic acids is 1. The number of nitrogens with two attached hydrogens (primary N) is 2. The number of halogens is 1. The molecule has 0 spiro atoms. The molecule has 3 unspecified atom stereocenters. The number of carbonyl (C=O) groups excluding carboxylic acids is 10. The number of carboxylic acids is 1. The number of esters is 4. The summed E-state index contributed by atoms with van der Waals surface area (Å²) in [6.07, 6.45) is 0.335. The van der Waals surface area contributed by atoms with E-state index in [0.717, 1.165) is 11.8 Å². The summed E-state index contributed by atoms with van der Waals surface area (Å²) >= 11 is 2.28. The molecule has 0 aromatic carbocycles. The summed E-state index contributed by atoms with van der Waals surface area (Å²) in [4.78, 5) is 125. The van der Waals surface area contributed by atoms with Crippen molar-refractivity contribution < 1.29 is 72.1 Å². The van der Waals surface area contributed by atoms with Crippen LogP contribution in [0, 0.1) is 34.0 Å². The van der Waals surface area contributed by atoms with Crippen molar-refractivity contribution in [2.75, 3.05) is 62.3 Å². The molecule has 7 N–H and O–H groups in total. The first-order valence-electron chi connectivity index (χ1n) is 21.5. The van der Waals surface area contributed by atoms with Crippen LogP contribution in [0.4, 0.5) is 4.79 Å². The second-order valence-corrected chi connectivity index (χ2v) is 20.3. The number of rotatable bonds is 14. The van der Waals surface area contributed by atoms with Crippen LogP contribution in [-0.2, 0) is 62.2 Å². The maximum Gasteiger partial charge on any atom is 0.407 e. The number of thioether (sulfide) groups is 2. The number of hydrogen-bond acceptors (Lipinski definition) is 18. The van der Waals surface area contributed by atoms with Gasteiger partial charge in [0.05, 0.1) is 45.7 Å². The van der Waals surface area contributed by atoms with Crippen molar-refractivity contribution in [3.63, 3.8) is 0 Å². The van der Waals surface area contributed by atoms with E-state index in [1.54, 1.807) is 13.8 Å². The van der Waals surface area contributed by atoms with Crippen LogP contribution < -0.4 is 22.1 Å². The Hall–Kier alpha value is -4.32. The average molecular weight is 1010 g/mol. The van der Waals surface area contributed by atoms with E-state index in [1.807, 2.05) is 69.2 Å². The van der Waals surface area contributed by atoms with Crippen LogP contribution in [0.1, 0.15) is 102 Å². The van der Waals surface area contributed by atoms with Crippen LogP contribution in [0.5, 0.6) is 0 Å². The Morgan fingerprint density at radius 1 is 0.701 bits per heavy atom. The number of carbonyl (C=O) groups is 11. The second kappa shape index (κ2) is 29.5. The van der Waals surface area contributed by atoms with E-state index in [9.17, 15) is 52.7 Å². The van der Waals surface area contributed by atoms with Gasteiger partial charge in [0.15, 0.2) is 0 Å². The molecule has 384 valence electrons. The fraction of sp³-hybridized carbons (Fsp3) is 0.744. The number of ether oxygens (including phenoxy) is 3. The zero-order valence-corrected chi connectivity index (χ0v) is 43.3. The zero-order chi connectivity index (χ0) is 51.4. The van der Waals surface area contributed by atoms with E-state index in [1.165, 1.54) is 21.6 Å². The predicted molar refractivity (Wildman–Crippen MR) is 253 cm³/mol. The first-order chi connectivity index (χ1) is 30.3. The van der Waals surface area contributed by atoms with Crippen LogP contribution in [0.25, 0.3) is 0 Å². The standard InChI is InChI=1S/C14H22N2O5S.C10H18N2O2.C8H12O3.C7H16N2O2.C4H4O3S.ClH/c1-9(2)14(3)6-11(18)16(13(14)21)5-4-15-10(17)7-22-8-12(19)20;1-7(2)10(3)6-8(13)12(5-4-11)9(10)14;1-5(2)8(3)4-6(9)11-7(8)10;1-7(2,3)11-6(10)9-5-4-8;5-3-1-8-2-4(6)7-3;/h9H,4-8H2,1-3H3,(H,15,17)(H,19,20);7H,4-6,11H2,1-3H3;5H,4H2,1-3H3;4-5,8H2,1-3H3,(H,9,10);1-2H2;1H. The Bertz CT molecular complexity index is 1760. The first-order valence-corrected chi connectivity index (χ1v) is 23.8. The summed E-state index contributed by atoms with van der Waals surface area (Å²) in [6.45, 7) is 24.4. The minimum Gasteiger partial charge on any atom is -0.481 e. The van der Waals surface area contributed by atoms with Gasteiger partial charge < -0.3 is 41.4 Å². The first kappa shape index (κ1) is 64.8. The van der Waals surface area contributed by atoms with Crippen LogP contribution in [0.2, 0.25) is 0 Å². The number of nitrogens with zero attached hydrogens (tertiary/aromatic N) is 2. The van der Waals surface area contributed by atoms with E-state index in [2.05, 4.69) is 20.1 Å². The van der Waals surface area contributed by atoms with Crippen molar-refractivity contribution in [1.82, 2.24) is 20.4 Å². The molecule has 4 rings (SSSR count). The van der Waals surface area contributed by atoms with E-state index in [0.29, 0.717) is 44.1 Å². The summed E-state index contributed by atoms with van der Waals surface area (Å²) in [5, 5.41) is 13.5. The van der Waals surface area contributed by atoms with Crippen LogP contribution >= 0.6 is 35.9 Å². The van der Waals surface area contributed by atoms with E-state index in [-0.39, 0.29) is 103 Å². The number of alkyl carbamates (subject to hydrolysis) is 1. The van der Waals surface area contributed by atoms with Gasteiger partial charge >= 0.3 is 35.9 Å². The average Bonchev–Trinajstić information content (AvgIpc) is 3.69. The Morgan fingerprint density at radius 3 is 1.48 bits per heavy atom. The third-order valence-electron chi connectivity index (χ3n) is 11.1. The summed E-state index contributed by atoms with van der Waals surface area (Å²) in [6, 6.07) is 0. The Labute approximate surface area is 408 Å². The van der Waals surface area contributed by atoms with Crippen molar-refractivity contribution >= 4 is 101 Å². The molecule has 4 saturated heterocycles. The largest absolute Gasteiger partial charge is 0.481 e. The van der Waals surface area contributed by atoms with Crippen molar-refractivity contribution in [2.45, 2.75) is 108 Å². The van der Waals surface area contributed by atoms with Gasteiger partial charge in [0, 0.05) is 52.1 Å². The maximum absolute atomic E-state index is 12.3. The molecular weight excluding hydrogens is 940 g/mol. The van der Waals surface area contributed by atoms with Gasteiger partial charge in [-0.2, -0.15) is 0 Å². The number of nitrogens with one attached hydrogen (secondary N) is 2. The molecular formula is C43H73ClN6O15S2. The molecule has 0 bridgehead atoms. The number of amides is 6. The minimum absolute atomic E-state index is 0. The number of hydrogen-bond donors (Lipinski definition) is 5. The molecule has 4 heterocycles. The van der Waals surface area contributed by atoms with Crippen LogP contribution in [-0.4, -0.2) is 148 Å². The lowest BCUT2D eigenvalue weighted by molar-refractivity contribution is -0.157. The van der Waals surface area contributed by atoms with Gasteiger partial charge in [-0.3, -0.25) is 57.7 Å². The molecule has 4 aliphatic rings. The molecule has 0 aromatic rings. The van der Waals surface area contributed by atoms with Crippen molar-refractivity contribution in [2.24, 2.45) is 45.5 Å². The highest BCUT2D eigenvalue weighted by molar-refractivity contribution is 8.00. The normalized spacial score (nSPS) is 22.3. The molecule has 24 heteroatoms. The third kappa shape index (κ3) is 21.7. The molecule has 0 radical (unpaired) electrons. The monoisotopic (exact) mass is 1010 g/mol. The lowest BCUT2D eigenvalue weighted by Crippen LogP contribution is -2.41. The molecule has 0 aliphatic carbocycles. The highest BCUT2D eigenvalue weighted by Crippen LogP contribution is 2.40. The predicted octanol–water partition coefficient (Wildman–Crippen LogP) is 2.52. The van der Waals surface area contributed by atoms with E-state index >= 15 is 0 Å². The lowest BCUT2D eigenvalue weighted by atomic mass is 9.78. The fourth-order valence-corrected chi connectivity index (χ4v) is 6.96. The summed E-state index contributed by atoms with van der Waals surface area (Å²) < 4.78 is 13.6. The molecule has 6 amide bonds. The van der Waals surface area contributed by atoms with Gasteiger partial charge in [-0.15, -0.1) is 35.9 Å². The van der Waals surface area contributed by atoms with Crippen molar-refractivity contribution in [3.05, 3.63) is 0 Å². The second-order valence-electron chi connectivity index (χ2n) is 18.3. The number of imide groups is 2. The number of likely N-dealkylation sites (tertiary alicyclic amines) is 2. The topological polar surface area (TPSA) is 318 Å². The Kier molecular flexibility index (Phi) is 28.6. The van der Waals surface area contributed by atoms with Gasteiger partial charge in [0.2, 0.25) is 29.5 Å². The minimum atomic E-state index is -0.973. The van der Waals surface area contributed by atoms with E-state index in [4.69, 9.17) is 21.3 Å². The van der Waals surface area contributed by atoms with Crippen molar-refractivity contribution in [1.29, 1.82) is 0 Å². The summed E-state index contributed by atoms with van der Waals surface area (Å²) in [5.41, 5.74) is 8.31. The Balaban J connectivity index is 0. The van der Waals surface area contributed by atoms with Gasteiger partial charge in [0.1, 0.15) is 5.60 Å². The van der Waals surface area contributed by atoms with Crippen LogP contribution in [0.3, 0.4) is 0 Å². The van der Waals surface area contributed by atoms with Crippen LogP contribution in [0.15, 0.2) is 0 Å². The maximum atomic E-state index is 12.3. The smallest absolute Gasteiger partial charge is 0.407 e. The molecule has 4 aliphatic heterocycles. The summed E-state index contributed by atoms with van der Waals surface area (Å²) in [5.74, 6) is -2.54. The molecule has 0 saturated carbocycles. The van der Waals surface area contributed by atoms with E-state index < -0.39 is 51.8 Å². The summed E-state index contributed by atoms with van der Waals surface area (Å²) in [7, 11) is 0. The molecule has 0 aromatic heterocycles. The van der Waals surface area contributed by atoms with Gasteiger partial charge in [-0.25, -0.2) is 4.79 Å². The van der Waals surface area contributed by atoms with Gasteiger partial charge in [0.25, 0.3) is 0 Å². The molecule has 21 nitrogen and oxygen atoms in total. The Morgan fingerprint density at radius 2 is 1.16 bits per heavy atom. The third-order valence-corrected chi connectivity index (χ3v) is 12.9. The molecule has 4 fully saturated rings. The lowest BCUT2D eigenvalue weighted by Gasteiger charge is -2.26. The molecule has 67 heavy (non-hydrogen) atoms. The quantitative estimate of drug-likeness (QED) is 0.0722. The van der Waals surface area contributed by atoms with Gasteiger partial charge in [-0.1, -0.05) is 41.5 Å². The highest BCUT2D eigenvalue weighted by Gasteiger charge is 2.51. The zero-order valence-electron chi connectivity index (χ0n) is 40.9. The van der Waals surface area contributed by atoms with Crippen molar-refractivity contribution in [3.8, 4) is 0 Å². The fourth-order valence-electron chi connectivity index (χ4n) is 5.85. The SMILES string of the molecule is CC(C)(C)OC(=O)NCCN.CC(C)C1(C)CC(=O)N(CCN)C1=O.CC(C)C1(C)CC(=O)N(CCNC(=O)CSCC(=O)O)C1=O.CC(C)C1(C)CC(=O)OC1=O.Cl.O=C1CSCC(=O)O1. The number of carboxylic acid groups (broad SMARTS) is 1.